The first-order valence-electron chi connectivity index (χ1n) is 7.22. The molecule has 2 aliphatic carbocycles. The molecule has 1 aromatic carbocycles. The van der Waals surface area contributed by atoms with Gasteiger partial charge in [-0.05, 0) is 54.4 Å². The number of hydrogen-bond acceptors (Lipinski definition) is 1. The highest BCUT2D eigenvalue weighted by Gasteiger charge is 2.30. The minimum atomic E-state index is -0.698. The topological polar surface area (TPSA) is 37.3 Å². The average Bonchev–Trinajstić information content (AvgIpc) is 2.81. The van der Waals surface area contributed by atoms with Crippen LogP contribution in [0.25, 0.3) is 0 Å². The van der Waals surface area contributed by atoms with Crippen LogP contribution in [-0.2, 0) is 11.2 Å². The van der Waals surface area contributed by atoms with Gasteiger partial charge >= 0.3 is 5.97 Å². The summed E-state index contributed by atoms with van der Waals surface area (Å²) in [6.45, 7) is 0. The Balaban J connectivity index is 1.97. The zero-order valence-corrected chi connectivity index (χ0v) is 11.7. The molecule has 0 amide bonds. The van der Waals surface area contributed by atoms with E-state index in [0.717, 1.165) is 29.0 Å². The number of aryl methyl sites for hydroxylation is 1. The zero-order chi connectivity index (χ0) is 13.4. The maximum atomic E-state index is 11.3. The first kappa shape index (κ1) is 13.0. The second-order valence-corrected chi connectivity index (χ2v) is 6.24. The van der Waals surface area contributed by atoms with Gasteiger partial charge in [-0.3, -0.25) is 4.79 Å². The molecule has 1 fully saturated rings. The van der Waals surface area contributed by atoms with Crippen LogP contribution in [0.3, 0.4) is 0 Å². The van der Waals surface area contributed by atoms with Crippen molar-refractivity contribution in [2.75, 3.05) is 0 Å². The highest BCUT2D eigenvalue weighted by Crippen LogP contribution is 2.42. The van der Waals surface area contributed by atoms with E-state index < -0.39 is 5.97 Å². The van der Waals surface area contributed by atoms with Gasteiger partial charge in [-0.2, -0.15) is 0 Å². The lowest BCUT2D eigenvalue weighted by atomic mass is 9.82. The molecule has 0 heterocycles. The highest BCUT2D eigenvalue weighted by molar-refractivity contribution is 6.31. The molecule has 0 aliphatic heterocycles. The summed E-state index contributed by atoms with van der Waals surface area (Å²) in [7, 11) is 0. The van der Waals surface area contributed by atoms with Crippen LogP contribution in [0, 0.1) is 0 Å². The molecule has 1 atom stereocenters. The van der Waals surface area contributed by atoms with Crippen molar-refractivity contribution < 1.29 is 9.90 Å². The lowest BCUT2D eigenvalue weighted by molar-refractivity contribution is -0.138. The second kappa shape index (κ2) is 5.16. The van der Waals surface area contributed by atoms with Crippen LogP contribution in [0.2, 0.25) is 5.02 Å². The summed E-state index contributed by atoms with van der Waals surface area (Å²) in [5, 5.41) is 10.1. The summed E-state index contributed by atoms with van der Waals surface area (Å²) < 4.78 is 0. The quantitative estimate of drug-likeness (QED) is 0.865. The van der Waals surface area contributed by atoms with E-state index >= 15 is 0 Å². The smallest absolute Gasteiger partial charge is 0.310 e. The molecule has 1 aromatic rings. The van der Waals surface area contributed by atoms with E-state index in [1.165, 1.54) is 37.7 Å². The Morgan fingerprint density at radius 2 is 1.84 bits per heavy atom. The average molecular weight is 279 g/mol. The third-order valence-corrected chi connectivity index (χ3v) is 5.01. The van der Waals surface area contributed by atoms with Crippen LogP contribution >= 0.6 is 11.6 Å². The van der Waals surface area contributed by atoms with Gasteiger partial charge in [-0.25, -0.2) is 0 Å². The summed E-state index contributed by atoms with van der Waals surface area (Å²) in [6.07, 6.45) is 7.79. The van der Waals surface area contributed by atoms with Gasteiger partial charge in [0.15, 0.2) is 0 Å². The maximum Gasteiger partial charge on any atom is 0.310 e. The number of hydrogen-bond donors (Lipinski definition) is 1. The third-order valence-electron chi connectivity index (χ3n) is 4.68. The van der Waals surface area contributed by atoms with Crippen molar-refractivity contribution in [2.24, 2.45) is 0 Å². The molecule has 3 heteroatoms. The SMILES string of the molecule is O=C(O)C1CCc2cc(Cl)c(C3CCCCC3)cc21. The number of fused-ring (bicyclic) bond motifs is 1. The molecule has 1 saturated carbocycles. The molecule has 0 spiro atoms. The van der Waals surface area contributed by atoms with E-state index in [1.807, 2.05) is 6.07 Å². The van der Waals surface area contributed by atoms with Gasteiger partial charge in [0, 0.05) is 5.02 Å². The molecule has 0 aromatic heterocycles. The van der Waals surface area contributed by atoms with E-state index in [0.29, 0.717) is 5.92 Å². The Morgan fingerprint density at radius 1 is 1.11 bits per heavy atom. The summed E-state index contributed by atoms with van der Waals surface area (Å²) in [5.41, 5.74) is 3.34. The molecular weight excluding hydrogens is 260 g/mol. The number of carbonyl (C=O) groups is 1. The largest absolute Gasteiger partial charge is 0.481 e. The van der Waals surface area contributed by atoms with Crippen LogP contribution in [-0.4, -0.2) is 11.1 Å². The molecule has 102 valence electrons. The Labute approximate surface area is 118 Å². The molecule has 0 bridgehead atoms. The summed E-state index contributed by atoms with van der Waals surface area (Å²) in [6, 6.07) is 4.11. The monoisotopic (exact) mass is 278 g/mol. The fourth-order valence-electron chi connectivity index (χ4n) is 3.63. The minimum absolute atomic E-state index is 0.324. The number of rotatable bonds is 2. The maximum absolute atomic E-state index is 11.3. The molecule has 2 aliphatic rings. The number of carboxylic acids is 1. The van der Waals surface area contributed by atoms with Crippen molar-refractivity contribution in [3.63, 3.8) is 0 Å². The first-order chi connectivity index (χ1) is 9.16. The van der Waals surface area contributed by atoms with Gasteiger partial charge in [-0.15, -0.1) is 0 Å². The molecule has 19 heavy (non-hydrogen) atoms. The Kier molecular flexibility index (Phi) is 3.53. The predicted octanol–water partition coefficient (Wildman–Crippen LogP) is 4.50. The lowest BCUT2D eigenvalue weighted by Gasteiger charge is -2.24. The molecule has 1 unspecified atom stereocenters. The van der Waals surface area contributed by atoms with Crippen molar-refractivity contribution in [3.8, 4) is 0 Å². The van der Waals surface area contributed by atoms with Gasteiger partial charge in [0.1, 0.15) is 0 Å². The molecule has 2 nitrogen and oxygen atoms in total. The summed E-state index contributed by atoms with van der Waals surface area (Å²) >= 11 is 6.42. The van der Waals surface area contributed by atoms with E-state index in [-0.39, 0.29) is 5.92 Å². The van der Waals surface area contributed by atoms with Crippen LogP contribution < -0.4 is 0 Å². The van der Waals surface area contributed by atoms with E-state index in [2.05, 4.69) is 6.07 Å². The van der Waals surface area contributed by atoms with Crippen molar-refractivity contribution >= 4 is 17.6 Å². The first-order valence-corrected chi connectivity index (χ1v) is 7.59. The van der Waals surface area contributed by atoms with Crippen LogP contribution in [0.4, 0.5) is 0 Å². The molecular formula is C16H19ClO2. The Morgan fingerprint density at radius 3 is 2.53 bits per heavy atom. The van der Waals surface area contributed by atoms with Crippen LogP contribution in [0.5, 0.6) is 0 Å². The highest BCUT2D eigenvalue weighted by atomic mass is 35.5. The summed E-state index contributed by atoms with van der Waals surface area (Å²) in [5.74, 6) is -0.494. The Bertz CT molecular complexity index is 504. The van der Waals surface area contributed by atoms with Crippen molar-refractivity contribution in [2.45, 2.75) is 56.8 Å². The second-order valence-electron chi connectivity index (χ2n) is 5.84. The van der Waals surface area contributed by atoms with Crippen LogP contribution in [0.1, 0.15) is 67.1 Å². The van der Waals surface area contributed by atoms with E-state index in [9.17, 15) is 9.90 Å². The zero-order valence-electron chi connectivity index (χ0n) is 11.0. The van der Waals surface area contributed by atoms with Gasteiger partial charge in [0.05, 0.1) is 5.92 Å². The normalized spacial score (nSPS) is 23.3. The standard InChI is InChI=1S/C16H19ClO2/c17-15-8-11-6-7-12(16(18)19)13(11)9-14(15)10-4-2-1-3-5-10/h8-10,12H,1-7H2,(H,18,19). The number of benzene rings is 1. The predicted molar refractivity (Wildman–Crippen MR) is 76.0 cm³/mol. The molecule has 1 N–H and O–H groups in total. The number of aliphatic carboxylic acids is 1. The fourth-order valence-corrected chi connectivity index (χ4v) is 3.97. The van der Waals surface area contributed by atoms with Gasteiger partial charge in [-0.1, -0.05) is 36.9 Å². The van der Waals surface area contributed by atoms with E-state index in [1.54, 1.807) is 0 Å². The third kappa shape index (κ3) is 2.38. The Hall–Kier alpha value is -1.02. The number of carboxylic acid groups (broad SMARTS) is 1. The fraction of sp³-hybridized carbons (Fsp3) is 0.562. The number of halogens is 1. The van der Waals surface area contributed by atoms with Gasteiger partial charge in [0.2, 0.25) is 0 Å². The van der Waals surface area contributed by atoms with E-state index in [4.69, 9.17) is 11.6 Å². The van der Waals surface area contributed by atoms with Crippen molar-refractivity contribution in [1.82, 2.24) is 0 Å². The molecule has 0 radical (unpaired) electrons. The van der Waals surface area contributed by atoms with Crippen molar-refractivity contribution in [1.29, 1.82) is 0 Å². The van der Waals surface area contributed by atoms with Crippen LogP contribution in [0.15, 0.2) is 12.1 Å². The van der Waals surface area contributed by atoms with Crippen molar-refractivity contribution in [3.05, 3.63) is 33.8 Å². The lowest BCUT2D eigenvalue weighted by Crippen LogP contribution is -2.10. The summed E-state index contributed by atoms with van der Waals surface area (Å²) in [4.78, 5) is 11.3. The molecule has 3 rings (SSSR count). The van der Waals surface area contributed by atoms with Gasteiger partial charge < -0.3 is 5.11 Å². The van der Waals surface area contributed by atoms with Gasteiger partial charge in [0.25, 0.3) is 0 Å². The molecule has 0 saturated heterocycles. The minimum Gasteiger partial charge on any atom is -0.481 e.